The van der Waals surface area contributed by atoms with E-state index in [1.54, 1.807) is 32.9 Å². The number of amides is 1. The van der Waals surface area contributed by atoms with Gasteiger partial charge in [-0.15, -0.1) is 0 Å². The zero-order valence-corrected chi connectivity index (χ0v) is 17.8. The Hall–Kier alpha value is -2.38. The van der Waals surface area contributed by atoms with Crippen molar-refractivity contribution in [1.29, 1.82) is 0 Å². The highest BCUT2D eigenvalue weighted by Gasteiger charge is 2.21. The first-order valence-corrected chi connectivity index (χ1v) is 10.8. The largest absolute Gasteiger partial charge is 0.481 e. The molecule has 1 amide bonds. The standard InChI is InChI=1S/C21H28N2O4S/c1-6-23(7-2)28(25,26)20-12-9-18(10-13-20)22-21(24)17(5)27-19-11-8-15(3)16(4)14-19/h8-14,17H,6-7H2,1-5H3,(H,22,24)/t17-/m0/s1. The van der Waals surface area contributed by atoms with Crippen LogP contribution in [0.5, 0.6) is 5.75 Å². The Labute approximate surface area is 167 Å². The summed E-state index contributed by atoms with van der Waals surface area (Å²) in [5.41, 5.74) is 2.76. The van der Waals surface area contributed by atoms with Crippen molar-refractivity contribution in [2.24, 2.45) is 0 Å². The van der Waals surface area contributed by atoms with Crippen LogP contribution < -0.4 is 10.1 Å². The van der Waals surface area contributed by atoms with Crippen molar-refractivity contribution in [2.75, 3.05) is 18.4 Å². The number of carbonyl (C=O) groups is 1. The summed E-state index contributed by atoms with van der Waals surface area (Å²) in [6.07, 6.45) is -0.693. The third-order valence-electron chi connectivity index (χ3n) is 4.63. The van der Waals surface area contributed by atoms with Crippen molar-refractivity contribution in [1.82, 2.24) is 4.31 Å². The number of ether oxygens (including phenoxy) is 1. The second-order valence-electron chi connectivity index (χ2n) is 6.61. The van der Waals surface area contributed by atoms with Gasteiger partial charge in [-0.25, -0.2) is 8.42 Å². The number of carbonyl (C=O) groups excluding carboxylic acids is 1. The molecule has 0 unspecified atom stereocenters. The maximum Gasteiger partial charge on any atom is 0.265 e. The van der Waals surface area contributed by atoms with E-state index in [1.807, 2.05) is 32.0 Å². The highest BCUT2D eigenvalue weighted by atomic mass is 32.2. The third kappa shape index (κ3) is 5.11. The molecule has 6 nitrogen and oxygen atoms in total. The topological polar surface area (TPSA) is 75.7 Å². The normalized spacial score (nSPS) is 12.6. The summed E-state index contributed by atoms with van der Waals surface area (Å²) in [5, 5.41) is 2.75. The van der Waals surface area contributed by atoms with Crippen LogP contribution in [-0.2, 0) is 14.8 Å². The smallest absolute Gasteiger partial charge is 0.265 e. The van der Waals surface area contributed by atoms with Crippen molar-refractivity contribution < 1.29 is 17.9 Å². The van der Waals surface area contributed by atoms with Gasteiger partial charge in [0.15, 0.2) is 6.10 Å². The first-order chi connectivity index (χ1) is 13.2. The number of rotatable bonds is 8. The van der Waals surface area contributed by atoms with Crippen LogP contribution in [0.25, 0.3) is 0 Å². The molecule has 0 saturated heterocycles. The molecular formula is C21H28N2O4S. The van der Waals surface area contributed by atoms with E-state index in [0.29, 0.717) is 24.5 Å². The number of benzene rings is 2. The van der Waals surface area contributed by atoms with Gasteiger partial charge in [0, 0.05) is 18.8 Å². The molecule has 0 bridgehead atoms. The number of anilines is 1. The highest BCUT2D eigenvalue weighted by Crippen LogP contribution is 2.20. The highest BCUT2D eigenvalue weighted by molar-refractivity contribution is 7.89. The third-order valence-corrected chi connectivity index (χ3v) is 6.69. The first-order valence-electron chi connectivity index (χ1n) is 9.34. The summed E-state index contributed by atoms with van der Waals surface area (Å²) >= 11 is 0. The van der Waals surface area contributed by atoms with Crippen LogP contribution in [0.3, 0.4) is 0 Å². The van der Waals surface area contributed by atoms with E-state index in [9.17, 15) is 13.2 Å². The SMILES string of the molecule is CCN(CC)S(=O)(=O)c1ccc(NC(=O)[C@H](C)Oc2ccc(C)c(C)c2)cc1. The lowest BCUT2D eigenvalue weighted by Crippen LogP contribution is -2.31. The number of sulfonamides is 1. The molecule has 0 aliphatic rings. The number of hydrogen-bond donors (Lipinski definition) is 1. The Kier molecular flexibility index (Phi) is 7.21. The van der Waals surface area contributed by atoms with E-state index < -0.39 is 16.1 Å². The van der Waals surface area contributed by atoms with Crippen LogP contribution in [0, 0.1) is 13.8 Å². The molecule has 0 aromatic heterocycles. The Balaban J connectivity index is 2.04. The molecule has 0 spiro atoms. The van der Waals surface area contributed by atoms with Gasteiger partial charge in [0.2, 0.25) is 10.0 Å². The van der Waals surface area contributed by atoms with Crippen LogP contribution in [0.2, 0.25) is 0 Å². The summed E-state index contributed by atoms with van der Waals surface area (Å²) in [6, 6.07) is 11.8. The summed E-state index contributed by atoms with van der Waals surface area (Å²) in [5.74, 6) is 0.323. The van der Waals surface area contributed by atoms with Crippen molar-refractivity contribution in [2.45, 2.75) is 45.6 Å². The molecule has 0 heterocycles. The molecule has 0 radical (unpaired) electrons. The van der Waals surface area contributed by atoms with E-state index in [1.165, 1.54) is 16.4 Å². The molecule has 7 heteroatoms. The molecule has 152 valence electrons. The molecule has 2 aromatic rings. The fourth-order valence-corrected chi connectivity index (χ4v) is 4.17. The lowest BCUT2D eigenvalue weighted by molar-refractivity contribution is -0.122. The summed E-state index contributed by atoms with van der Waals surface area (Å²) in [6.45, 7) is 10.1. The van der Waals surface area contributed by atoms with Gasteiger partial charge in [-0.2, -0.15) is 4.31 Å². The maximum absolute atomic E-state index is 12.5. The molecule has 0 aliphatic carbocycles. The summed E-state index contributed by atoms with van der Waals surface area (Å²) in [4.78, 5) is 12.6. The molecule has 2 rings (SSSR count). The number of hydrogen-bond acceptors (Lipinski definition) is 4. The molecule has 0 saturated carbocycles. The lowest BCUT2D eigenvalue weighted by atomic mass is 10.1. The number of aryl methyl sites for hydroxylation is 2. The van der Waals surface area contributed by atoms with Gasteiger partial charge in [-0.3, -0.25) is 4.79 Å². The van der Waals surface area contributed by atoms with Crippen LogP contribution >= 0.6 is 0 Å². The Bertz CT molecular complexity index is 920. The maximum atomic E-state index is 12.5. The second kappa shape index (κ2) is 9.21. The van der Waals surface area contributed by atoms with Crippen molar-refractivity contribution in [3.8, 4) is 5.75 Å². The molecule has 1 atom stereocenters. The average molecular weight is 405 g/mol. The Morgan fingerprint density at radius 1 is 1.04 bits per heavy atom. The van der Waals surface area contributed by atoms with Gasteiger partial charge in [0.25, 0.3) is 5.91 Å². The molecule has 2 aromatic carbocycles. The molecule has 0 fully saturated rings. The fraction of sp³-hybridized carbons (Fsp3) is 0.381. The predicted octanol–water partition coefficient (Wildman–Crippen LogP) is 3.74. The van der Waals surface area contributed by atoms with Gasteiger partial charge >= 0.3 is 0 Å². The van der Waals surface area contributed by atoms with Crippen molar-refractivity contribution in [3.63, 3.8) is 0 Å². The van der Waals surface area contributed by atoms with E-state index >= 15 is 0 Å². The lowest BCUT2D eigenvalue weighted by Gasteiger charge is -2.19. The Morgan fingerprint density at radius 2 is 1.64 bits per heavy atom. The molecule has 1 N–H and O–H groups in total. The zero-order chi connectivity index (χ0) is 20.9. The van der Waals surface area contributed by atoms with Crippen LogP contribution in [0.1, 0.15) is 31.9 Å². The summed E-state index contributed by atoms with van der Waals surface area (Å²) < 4.78 is 32.1. The monoisotopic (exact) mass is 404 g/mol. The van der Waals surface area contributed by atoms with Crippen molar-refractivity contribution in [3.05, 3.63) is 53.6 Å². The van der Waals surface area contributed by atoms with Gasteiger partial charge < -0.3 is 10.1 Å². The van der Waals surface area contributed by atoms with Crippen LogP contribution in [-0.4, -0.2) is 37.8 Å². The minimum absolute atomic E-state index is 0.202. The number of nitrogens with zero attached hydrogens (tertiary/aromatic N) is 1. The van der Waals surface area contributed by atoms with Gasteiger partial charge in [0.1, 0.15) is 5.75 Å². The van der Waals surface area contributed by atoms with Gasteiger partial charge in [-0.05, 0) is 68.3 Å². The van der Waals surface area contributed by atoms with Gasteiger partial charge in [0.05, 0.1) is 4.90 Å². The average Bonchev–Trinajstić information content (AvgIpc) is 2.66. The number of nitrogens with one attached hydrogen (secondary N) is 1. The quantitative estimate of drug-likeness (QED) is 0.727. The molecule has 0 aliphatic heterocycles. The van der Waals surface area contributed by atoms with E-state index in [2.05, 4.69) is 5.32 Å². The van der Waals surface area contributed by atoms with Crippen molar-refractivity contribution >= 4 is 21.6 Å². The van der Waals surface area contributed by atoms with Gasteiger partial charge in [-0.1, -0.05) is 19.9 Å². The van der Waals surface area contributed by atoms with Crippen LogP contribution in [0.4, 0.5) is 5.69 Å². The van der Waals surface area contributed by atoms with E-state index in [4.69, 9.17) is 4.74 Å². The molecule has 28 heavy (non-hydrogen) atoms. The van der Waals surface area contributed by atoms with E-state index in [0.717, 1.165) is 11.1 Å². The summed E-state index contributed by atoms with van der Waals surface area (Å²) in [7, 11) is -3.52. The van der Waals surface area contributed by atoms with Crippen LogP contribution in [0.15, 0.2) is 47.4 Å². The minimum atomic E-state index is -3.52. The molecular weight excluding hydrogens is 376 g/mol. The predicted molar refractivity (Wildman–Crippen MR) is 111 cm³/mol. The second-order valence-corrected chi connectivity index (χ2v) is 8.55. The van der Waals surface area contributed by atoms with E-state index in [-0.39, 0.29) is 10.8 Å². The first kappa shape index (κ1) is 21.9. The fourth-order valence-electron chi connectivity index (χ4n) is 2.71. The minimum Gasteiger partial charge on any atom is -0.481 e. The zero-order valence-electron chi connectivity index (χ0n) is 17.0. The Morgan fingerprint density at radius 3 is 2.18 bits per heavy atom.